The number of rotatable bonds is 3. The summed E-state index contributed by atoms with van der Waals surface area (Å²) in [6.07, 6.45) is 7.02. The summed E-state index contributed by atoms with van der Waals surface area (Å²) in [7, 11) is 0. The molecule has 0 amide bonds. The third-order valence-corrected chi connectivity index (χ3v) is 3.57. The smallest absolute Gasteiger partial charge is 0.221 e. The van der Waals surface area contributed by atoms with Gasteiger partial charge < -0.3 is 10.6 Å². The molecule has 4 nitrogen and oxygen atoms in total. The number of nitrogens with two attached hydrogens (primary N) is 1. The van der Waals surface area contributed by atoms with Crippen LogP contribution in [0.2, 0.25) is 0 Å². The Morgan fingerprint density at radius 1 is 1.41 bits per heavy atom. The largest absolute Gasteiger partial charge is 0.368 e. The molecule has 2 heterocycles. The maximum atomic E-state index is 5.66. The molecule has 94 valence electrons. The maximum absolute atomic E-state index is 5.66. The summed E-state index contributed by atoms with van der Waals surface area (Å²) in [4.78, 5) is 10.7. The molecular formula is C13H22N4. The van der Waals surface area contributed by atoms with E-state index in [1.54, 1.807) is 0 Å². The predicted molar refractivity (Wildman–Crippen MR) is 71.0 cm³/mol. The molecule has 0 unspecified atom stereocenters. The van der Waals surface area contributed by atoms with E-state index in [1.807, 2.05) is 13.1 Å². The summed E-state index contributed by atoms with van der Waals surface area (Å²) in [5.41, 5.74) is 6.78. The first-order valence-electron chi connectivity index (χ1n) is 6.54. The Bertz CT molecular complexity index is 370. The van der Waals surface area contributed by atoms with Crippen LogP contribution in [-0.4, -0.2) is 23.1 Å². The van der Waals surface area contributed by atoms with Gasteiger partial charge in [-0.25, -0.2) is 4.98 Å². The topological polar surface area (TPSA) is 55.0 Å². The van der Waals surface area contributed by atoms with Crippen molar-refractivity contribution in [3.8, 4) is 0 Å². The second-order valence-electron chi connectivity index (χ2n) is 4.95. The third kappa shape index (κ3) is 2.87. The van der Waals surface area contributed by atoms with Crippen LogP contribution in [0.5, 0.6) is 0 Å². The number of hydrogen-bond donors (Lipinski definition) is 1. The highest BCUT2D eigenvalue weighted by Crippen LogP contribution is 2.26. The van der Waals surface area contributed by atoms with Crippen molar-refractivity contribution in [2.45, 2.75) is 39.5 Å². The van der Waals surface area contributed by atoms with Gasteiger partial charge in [0.1, 0.15) is 5.82 Å². The van der Waals surface area contributed by atoms with E-state index in [0.29, 0.717) is 5.95 Å². The van der Waals surface area contributed by atoms with Crippen LogP contribution in [0.15, 0.2) is 6.20 Å². The van der Waals surface area contributed by atoms with E-state index in [1.165, 1.54) is 25.7 Å². The maximum Gasteiger partial charge on any atom is 0.221 e. The first kappa shape index (κ1) is 12.1. The van der Waals surface area contributed by atoms with Gasteiger partial charge in [0, 0.05) is 24.8 Å². The van der Waals surface area contributed by atoms with Gasteiger partial charge in [0.15, 0.2) is 0 Å². The fourth-order valence-corrected chi connectivity index (χ4v) is 2.61. The van der Waals surface area contributed by atoms with Crippen LogP contribution in [0.4, 0.5) is 11.8 Å². The summed E-state index contributed by atoms with van der Waals surface area (Å²) in [6.45, 7) is 6.51. The Labute approximate surface area is 103 Å². The van der Waals surface area contributed by atoms with Gasteiger partial charge in [-0.1, -0.05) is 19.8 Å². The van der Waals surface area contributed by atoms with E-state index in [-0.39, 0.29) is 0 Å². The highest BCUT2D eigenvalue weighted by Gasteiger charge is 2.20. The molecule has 1 fully saturated rings. The molecule has 4 heteroatoms. The standard InChI is InChI=1S/C13H22N4/c1-3-4-11-5-7-17(8-6-11)12-10(2)9-15-13(14)16-12/h9,11H,3-8H2,1-2H3,(H2,14,15,16). The van der Waals surface area contributed by atoms with E-state index < -0.39 is 0 Å². The second-order valence-corrected chi connectivity index (χ2v) is 4.95. The summed E-state index contributed by atoms with van der Waals surface area (Å²) in [5.74, 6) is 2.30. The highest BCUT2D eigenvalue weighted by molar-refractivity contribution is 5.48. The molecule has 0 atom stereocenters. The SMILES string of the molecule is CCCC1CCN(c2nc(N)ncc2C)CC1. The van der Waals surface area contributed by atoms with Gasteiger partial charge in [-0.05, 0) is 25.7 Å². The first-order valence-corrected chi connectivity index (χ1v) is 6.54. The normalized spacial score (nSPS) is 17.4. The number of nitrogens with zero attached hydrogens (tertiary/aromatic N) is 3. The molecule has 1 aliphatic heterocycles. The number of piperidine rings is 1. The minimum atomic E-state index is 0.376. The lowest BCUT2D eigenvalue weighted by molar-refractivity contribution is 0.377. The van der Waals surface area contributed by atoms with Crippen molar-refractivity contribution in [3.05, 3.63) is 11.8 Å². The van der Waals surface area contributed by atoms with E-state index in [0.717, 1.165) is 30.4 Å². The monoisotopic (exact) mass is 234 g/mol. The number of aromatic nitrogens is 2. The van der Waals surface area contributed by atoms with Crippen molar-refractivity contribution in [2.24, 2.45) is 5.92 Å². The molecule has 2 N–H and O–H groups in total. The van der Waals surface area contributed by atoms with E-state index in [2.05, 4.69) is 21.8 Å². The molecule has 0 spiro atoms. The number of anilines is 2. The summed E-state index contributed by atoms with van der Waals surface area (Å²) >= 11 is 0. The molecule has 0 aromatic carbocycles. The van der Waals surface area contributed by atoms with Crippen LogP contribution in [0, 0.1) is 12.8 Å². The summed E-state index contributed by atoms with van der Waals surface area (Å²) in [5, 5.41) is 0. The molecule has 0 bridgehead atoms. The van der Waals surface area contributed by atoms with Crippen LogP contribution in [0.25, 0.3) is 0 Å². The minimum Gasteiger partial charge on any atom is -0.368 e. The Hall–Kier alpha value is -1.32. The fraction of sp³-hybridized carbons (Fsp3) is 0.692. The fourth-order valence-electron chi connectivity index (χ4n) is 2.61. The van der Waals surface area contributed by atoms with Crippen molar-refractivity contribution < 1.29 is 0 Å². The number of nitrogen functional groups attached to an aromatic ring is 1. The lowest BCUT2D eigenvalue weighted by Gasteiger charge is -2.33. The van der Waals surface area contributed by atoms with Crippen LogP contribution in [0.3, 0.4) is 0 Å². The van der Waals surface area contributed by atoms with Gasteiger partial charge in [-0.3, -0.25) is 0 Å². The van der Waals surface area contributed by atoms with E-state index in [4.69, 9.17) is 5.73 Å². The Morgan fingerprint density at radius 3 is 2.76 bits per heavy atom. The zero-order valence-corrected chi connectivity index (χ0v) is 10.8. The molecule has 1 saturated heterocycles. The minimum absolute atomic E-state index is 0.376. The zero-order chi connectivity index (χ0) is 12.3. The summed E-state index contributed by atoms with van der Waals surface area (Å²) in [6, 6.07) is 0. The highest BCUT2D eigenvalue weighted by atomic mass is 15.2. The number of aryl methyl sites for hydroxylation is 1. The van der Waals surface area contributed by atoms with Gasteiger partial charge in [-0.2, -0.15) is 4.98 Å². The van der Waals surface area contributed by atoms with Crippen LogP contribution < -0.4 is 10.6 Å². The second kappa shape index (κ2) is 5.34. The lowest BCUT2D eigenvalue weighted by atomic mass is 9.92. The molecule has 0 saturated carbocycles. The van der Waals surface area contributed by atoms with Crippen molar-refractivity contribution in [2.75, 3.05) is 23.7 Å². The zero-order valence-electron chi connectivity index (χ0n) is 10.8. The summed E-state index contributed by atoms with van der Waals surface area (Å²) < 4.78 is 0. The van der Waals surface area contributed by atoms with Crippen LogP contribution in [0.1, 0.15) is 38.2 Å². The molecule has 1 aromatic heterocycles. The quantitative estimate of drug-likeness (QED) is 0.872. The van der Waals surface area contributed by atoms with Gasteiger partial charge in [0.25, 0.3) is 0 Å². The first-order chi connectivity index (χ1) is 8.20. The van der Waals surface area contributed by atoms with Crippen molar-refractivity contribution in [3.63, 3.8) is 0 Å². The van der Waals surface area contributed by atoms with Crippen molar-refractivity contribution in [1.82, 2.24) is 9.97 Å². The average Bonchev–Trinajstić information content (AvgIpc) is 2.34. The van der Waals surface area contributed by atoms with Gasteiger partial charge in [0.2, 0.25) is 5.95 Å². The Morgan fingerprint density at radius 2 is 2.12 bits per heavy atom. The lowest BCUT2D eigenvalue weighted by Crippen LogP contribution is -2.34. The number of hydrogen-bond acceptors (Lipinski definition) is 4. The van der Waals surface area contributed by atoms with Crippen molar-refractivity contribution >= 4 is 11.8 Å². The van der Waals surface area contributed by atoms with Crippen LogP contribution >= 0.6 is 0 Å². The predicted octanol–water partition coefficient (Wildman–Crippen LogP) is 2.38. The molecule has 17 heavy (non-hydrogen) atoms. The third-order valence-electron chi connectivity index (χ3n) is 3.57. The van der Waals surface area contributed by atoms with Gasteiger partial charge in [-0.15, -0.1) is 0 Å². The average molecular weight is 234 g/mol. The Kier molecular flexibility index (Phi) is 3.82. The van der Waals surface area contributed by atoms with E-state index >= 15 is 0 Å². The van der Waals surface area contributed by atoms with E-state index in [9.17, 15) is 0 Å². The van der Waals surface area contributed by atoms with Gasteiger partial charge in [0.05, 0.1) is 0 Å². The molecule has 0 aliphatic carbocycles. The van der Waals surface area contributed by atoms with Crippen LogP contribution in [-0.2, 0) is 0 Å². The van der Waals surface area contributed by atoms with Crippen molar-refractivity contribution in [1.29, 1.82) is 0 Å². The molecule has 0 radical (unpaired) electrons. The molecule has 2 rings (SSSR count). The molecular weight excluding hydrogens is 212 g/mol. The Balaban J connectivity index is 2.02. The molecule has 1 aromatic rings. The van der Waals surface area contributed by atoms with Gasteiger partial charge >= 0.3 is 0 Å². The molecule has 1 aliphatic rings.